The van der Waals surface area contributed by atoms with E-state index in [1.54, 1.807) is 0 Å². The number of aliphatic hydroxyl groups excluding tert-OH is 1. The number of β-amino-alcohol motifs (C(OH)–C–C–N with tert-alkyl or cyclic N) is 1. The van der Waals surface area contributed by atoms with Crippen LogP contribution in [0.1, 0.15) is 32.1 Å². The molecule has 6 heteroatoms. The van der Waals surface area contributed by atoms with Gasteiger partial charge in [0.15, 0.2) is 0 Å². The van der Waals surface area contributed by atoms with E-state index >= 15 is 0 Å². The summed E-state index contributed by atoms with van der Waals surface area (Å²) in [5, 5.41) is 18.6. The number of amides is 1. The number of nitrogens with zero attached hydrogens (tertiary/aromatic N) is 1. The van der Waals surface area contributed by atoms with Crippen LogP contribution in [0.3, 0.4) is 0 Å². The lowest BCUT2D eigenvalue weighted by Gasteiger charge is -2.41. The minimum Gasteiger partial charge on any atom is -0.480 e. The smallest absolute Gasteiger partial charge is 0.326 e. The normalized spacial score (nSPS) is 30.0. The van der Waals surface area contributed by atoms with Crippen molar-refractivity contribution in [3.8, 4) is 0 Å². The Morgan fingerprint density at radius 2 is 2.06 bits per heavy atom. The van der Waals surface area contributed by atoms with Gasteiger partial charge in [0.2, 0.25) is 5.91 Å². The number of aliphatic carboxylic acids is 1. The third-order valence-electron chi connectivity index (χ3n) is 4.26. The number of hydrogen-bond acceptors (Lipinski definition) is 4. The van der Waals surface area contributed by atoms with E-state index in [0.29, 0.717) is 13.0 Å². The lowest BCUT2D eigenvalue weighted by Crippen LogP contribution is -2.46. The molecule has 0 aromatic carbocycles. The second-order valence-electron chi connectivity index (χ2n) is 5.52. The first-order valence-corrected chi connectivity index (χ1v) is 6.38. The predicted molar refractivity (Wildman–Crippen MR) is 63.7 cm³/mol. The van der Waals surface area contributed by atoms with Crippen molar-refractivity contribution in [3.05, 3.63) is 0 Å². The van der Waals surface area contributed by atoms with Gasteiger partial charge in [-0.25, -0.2) is 4.79 Å². The van der Waals surface area contributed by atoms with Crippen molar-refractivity contribution in [1.29, 1.82) is 0 Å². The molecule has 2 aliphatic rings. The maximum absolute atomic E-state index is 12.2. The van der Waals surface area contributed by atoms with Gasteiger partial charge in [0.25, 0.3) is 0 Å². The van der Waals surface area contributed by atoms with Crippen LogP contribution in [0.4, 0.5) is 0 Å². The molecule has 1 amide bonds. The second kappa shape index (κ2) is 4.85. The molecular weight excluding hydrogens is 236 g/mol. The molecule has 6 nitrogen and oxygen atoms in total. The van der Waals surface area contributed by atoms with Crippen molar-refractivity contribution in [2.24, 2.45) is 11.1 Å². The van der Waals surface area contributed by atoms with Crippen LogP contribution in [0.5, 0.6) is 0 Å². The van der Waals surface area contributed by atoms with Crippen LogP contribution < -0.4 is 5.73 Å². The van der Waals surface area contributed by atoms with E-state index in [0.717, 1.165) is 19.3 Å². The number of carboxylic acids is 1. The van der Waals surface area contributed by atoms with Gasteiger partial charge in [0, 0.05) is 19.4 Å². The second-order valence-corrected chi connectivity index (χ2v) is 5.52. The topological polar surface area (TPSA) is 104 Å². The molecule has 1 heterocycles. The summed E-state index contributed by atoms with van der Waals surface area (Å²) in [6.07, 6.45) is 2.64. The highest BCUT2D eigenvalue weighted by Crippen LogP contribution is 2.43. The van der Waals surface area contributed by atoms with Gasteiger partial charge in [-0.2, -0.15) is 0 Å². The zero-order valence-electron chi connectivity index (χ0n) is 10.3. The van der Waals surface area contributed by atoms with Crippen LogP contribution in [-0.4, -0.2) is 52.2 Å². The summed E-state index contributed by atoms with van der Waals surface area (Å²) < 4.78 is 0. The number of hydrogen-bond donors (Lipinski definition) is 3. The predicted octanol–water partition coefficient (Wildman–Crippen LogP) is -0.448. The van der Waals surface area contributed by atoms with Gasteiger partial charge in [-0.15, -0.1) is 0 Å². The molecule has 18 heavy (non-hydrogen) atoms. The van der Waals surface area contributed by atoms with Crippen molar-refractivity contribution in [2.75, 3.05) is 13.1 Å². The average molecular weight is 256 g/mol. The van der Waals surface area contributed by atoms with Crippen molar-refractivity contribution in [1.82, 2.24) is 4.90 Å². The van der Waals surface area contributed by atoms with E-state index in [9.17, 15) is 14.7 Å². The van der Waals surface area contributed by atoms with Crippen LogP contribution >= 0.6 is 0 Å². The fraction of sp³-hybridized carbons (Fsp3) is 0.833. The molecule has 2 fully saturated rings. The summed E-state index contributed by atoms with van der Waals surface area (Å²) in [5.74, 6) is -1.24. The van der Waals surface area contributed by atoms with Gasteiger partial charge in [0.1, 0.15) is 6.04 Å². The van der Waals surface area contributed by atoms with E-state index in [2.05, 4.69) is 0 Å². The molecule has 0 bridgehead atoms. The van der Waals surface area contributed by atoms with Gasteiger partial charge in [0.05, 0.1) is 6.10 Å². The van der Waals surface area contributed by atoms with E-state index < -0.39 is 18.1 Å². The fourth-order valence-electron chi connectivity index (χ4n) is 2.88. The first kappa shape index (κ1) is 13.3. The Kier molecular flexibility index (Phi) is 3.59. The summed E-state index contributed by atoms with van der Waals surface area (Å²) >= 11 is 0. The highest BCUT2D eigenvalue weighted by Gasteiger charge is 2.43. The number of rotatable bonds is 4. The number of aliphatic hydroxyl groups is 1. The number of carboxylic acid groups (broad SMARTS) is 1. The largest absolute Gasteiger partial charge is 0.480 e. The molecule has 0 spiro atoms. The van der Waals surface area contributed by atoms with Crippen molar-refractivity contribution >= 4 is 11.9 Å². The molecule has 1 aliphatic heterocycles. The Labute approximate surface area is 106 Å². The molecule has 1 saturated carbocycles. The highest BCUT2D eigenvalue weighted by molar-refractivity contribution is 5.85. The Morgan fingerprint density at radius 3 is 2.50 bits per heavy atom. The number of likely N-dealkylation sites (tertiary alicyclic amines) is 1. The highest BCUT2D eigenvalue weighted by atomic mass is 16.4. The standard InChI is InChI=1S/C12H20N2O4/c13-7-12(2-1-3-12)5-10(16)14-6-8(15)4-9(14)11(17)18/h8-9,15H,1-7,13H2,(H,17,18)/t8-,9-/m1/s1. The minimum atomic E-state index is -1.05. The summed E-state index contributed by atoms with van der Waals surface area (Å²) in [7, 11) is 0. The van der Waals surface area contributed by atoms with Gasteiger partial charge < -0.3 is 20.8 Å². The van der Waals surface area contributed by atoms with Crippen LogP contribution in [0.25, 0.3) is 0 Å². The monoisotopic (exact) mass is 256 g/mol. The lowest BCUT2D eigenvalue weighted by molar-refractivity contribution is -0.149. The number of carbonyl (C=O) groups excluding carboxylic acids is 1. The molecule has 4 N–H and O–H groups in total. The Balaban J connectivity index is 2.01. The van der Waals surface area contributed by atoms with Crippen LogP contribution in [0.2, 0.25) is 0 Å². The molecule has 1 saturated heterocycles. The van der Waals surface area contributed by atoms with Crippen LogP contribution in [0, 0.1) is 5.41 Å². The molecule has 2 atom stereocenters. The summed E-state index contributed by atoms with van der Waals surface area (Å²) in [5.41, 5.74) is 5.57. The molecule has 1 aliphatic carbocycles. The molecule has 0 radical (unpaired) electrons. The quantitative estimate of drug-likeness (QED) is 0.632. The molecular formula is C12H20N2O4. The molecule has 0 aromatic heterocycles. The minimum absolute atomic E-state index is 0.121. The van der Waals surface area contributed by atoms with E-state index in [1.807, 2.05) is 0 Å². The Hall–Kier alpha value is -1.14. The zero-order valence-corrected chi connectivity index (χ0v) is 10.3. The van der Waals surface area contributed by atoms with Gasteiger partial charge in [-0.1, -0.05) is 6.42 Å². The third-order valence-corrected chi connectivity index (χ3v) is 4.26. The molecule has 2 rings (SSSR count). The first-order valence-electron chi connectivity index (χ1n) is 6.38. The summed E-state index contributed by atoms with van der Waals surface area (Å²) in [6, 6.07) is -0.887. The zero-order chi connectivity index (χ0) is 13.3. The molecule has 0 unspecified atom stereocenters. The van der Waals surface area contributed by atoms with Gasteiger partial charge in [-0.3, -0.25) is 4.79 Å². The van der Waals surface area contributed by atoms with E-state index in [1.165, 1.54) is 4.90 Å². The van der Waals surface area contributed by atoms with Crippen molar-refractivity contribution < 1.29 is 19.8 Å². The SMILES string of the molecule is NCC1(CC(=O)N2C[C@H](O)C[C@@H]2C(=O)O)CCC1. The molecule has 102 valence electrons. The van der Waals surface area contributed by atoms with Gasteiger partial charge in [-0.05, 0) is 24.8 Å². The van der Waals surface area contributed by atoms with Crippen LogP contribution in [0.15, 0.2) is 0 Å². The molecule has 0 aromatic rings. The third kappa shape index (κ3) is 2.35. The summed E-state index contributed by atoms with van der Waals surface area (Å²) in [4.78, 5) is 24.5. The van der Waals surface area contributed by atoms with Crippen molar-refractivity contribution in [3.63, 3.8) is 0 Å². The Bertz CT molecular complexity index is 348. The number of nitrogens with two attached hydrogens (primary N) is 1. The van der Waals surface area contributed by atoms with Crippen molar-refractivity contribution in [2.45, 2.75) is 44.2 Å². The van der Waals surface area contributed by atoms with Gasteiger partial charge >= 0.3 is 5.97 Å². The van der Waals surface area contributed by atoms with E-state index in [-0.39, 0.29) is 24.3 Å². The Morgan fingerprint density at radius 1 is 1.39 bits per heavy atom. The first-order chi connectivity index (χ1) is 8.47. The summed E-state index contributed by atoms with van der Waals surface area (Å²) in [6.45, 7) is 0.587. The lowest BCUT2D eigenvalue weighted by atomic mass is 9.66. The average Bonchev–Trinajstić information content (AvgIpc) is 2.66. The maximum Gasteiger partial charge on any atom is 0.326 e. The fourth-order valence-corrected chi connectivity index (χ4v) is 2.88. The number of carbonyl (C=O) groups is 2. The van der Waals surface area contributed by atoms with E-state index in [4.69, 9.17) is 10.8 Å². The maximum atomic E-state index is 12.2. The van der Waals surface area contributed by atoms with Crippen LogP contribution in [-0.2, 0) is 9.59 Å².